The van der Waals surface area contributed by atoms with E-state index in [2.05, 4.69) is 0 Å². The molecular formula is C12H16FNO3. The van der Waals surface area contributed by atoms with Crippen molar-refractivity contribution in [1.82, 2.24) is 0 Å². The molecule has 0 aromatic heterocycles. The number of ketones is 1. The van der Waals surface area contributed by atoms with Crippen molar-refractivity contribution in [2.45, 2.75) is 13.1 Å². The van der Waals surface area contributed by atoms with E-state index in [-0.39, 0.29) is 18.7 Å². The van der Waals surface area contributed by atoms with E-state index in [1.165, 1.54) is 26.4 Å². The first-order valence-corrected chi connectivity index (χ1v) is 5.22. The van der Waals surface area contributed by atoms with Crippen LogP contribution in [0.4, 0.5) is 4.39 Å². The SMILES string of the molecule is COc1cc(CF)cc(C(=O)CCN)c1OC. The average molecular weight is 241 g/mol. The van der Waals surface area contributed by atoms with Gasteiger partial charge in [0.25, 0.3) is 0 Å². The van der Waals surface area contributed by atoms with Crippen molar-refractivity contribution in [3.63, 3.8) is 0 Å². The van der Waals surface area contributed by atoms with E-state index in [1.807, 2.05) is 0 Å². The van der Waals surface area contributed by atoms with Crippen LogP contribution in [0.25, 0.3) is 0 Å². The van der Waals surface area contributed by atoms with Gasteiger partial charge < -0.3 is 15.2 Å². The van der Waals surface area contributed by atoms with E-state index in [1.54, 1.807) is 0 Å². The lowest BCUT2D eigenvalue weighted by molar-refractivity contribution is 0.0981. The zero-order valence-corrected chi connectivity index (χ0v) is 9.96. The predicted molar refractivity (Wildman–Crippen MR) is 62.4 cm³/mol. The summed E-state index contributed by atoms with van der Waals surface area (Å²) in [6, 6.07) is 2.98. The first-order chi connectivity index (χ1) is 8.17. The van der Waals surface area contributed by atoms with Crippen LogP contribution in [0.1, 0.15) is 22.3 Å². The summed E-state index contributed by atoms with van der Waals surface area (Å²) >= 11 is 0. The molecule has 0 unspecified atom stereocenters. The van der Waals surface area contributed by atoms with Gasteiger partial charge in [-0.15, -0.1) is 0 Å². The molecule has 0 spiro atoms. The molecule has 0 saturated carbocycles. The second kappa shape index (κ2) is 6.20. The first kappa shape index (κ1) is 13.4. The van der Waals surface area contributed by atoms with Gasteiger partial charge in [-0.1, -0.05) is 0 Å². The number of halogens is 1. The number of nitrogens with two attached hydrogens (primary N) is 1. The van der Waals surface area contributed by atoms with Gasteiger partial charge in [-0.05, 0) is 24.2 Å². The summed E-state index contributed by atoms with van der Waals surface area (Å²) in [7, 11) is 2.88. The zero-order chi connectivity index (χ0) is 12.8. The Morgan fingerprint density at radius 3 is 2.53 bits per heavy atom. The van der Waals surface area contributed by atoms with Gasteiger partial charge in [0.15, 0.2) is 17.3 Å². The van der Waals surface area contributed by atoms with Crippen molar-refractivity contribution in [2.75, 3.05) is 20.8 Å². The molecule has 94 valence electrons. The molecule has 0 bridgehead atoms. The van der Waals surface area contributed by atoms with Crippen molar-refractivity contribution in [3.05, 3.63) is 23.3 Å². The fourth-order valence-corrected chi connectivity index (χ4v) is 1.57. The summed E-state index contributed by atoms with van der Waals surface area (Å²) < 4.78 is 22.9. The van der Waals surface area contributed by atoms with Crippen molar-refractivity contribution >= 4 is 5.78 Å². The molecule has 0 amide bonds. The van der Waals surface area contributed by atoms with Gasteiger partial charge in [0.05, 0.1) is 19.8 Å². The molecule has 17 heavy (non-hydrogen) atoms. The minimum absolute atomic E-state index is 0.182. The molecule has 0 aliphatic carbocycles. The molecule has 2 N–H and O–H groups in total. The van der Waals surface area contributed by atoms with Crippen molar-refractivity contribution in [1.29, 1.82) is 0 Å². The Morgan fingerprint density at radius 1 is 1.35 bits per heavy atom. The highest BCUT2D eigenvalue weighted by Crippen LogP contribution is 2.33. The standard InChI is InChI=1S/C12H16FNO3/c1-16-11-6-8(7-13)5-9(12(11)17-2)10(15)3-4-14/h5-6H,3-4,7,14H2,1-2H3. The molecule has 5 heteroatoms. The van der Waals surface area contributed by atoms with E-state index in [0.717, 1.165) is 0 Å². The normalized spacial score (nSPS) is 10.1. The molecule has 0 radical (unpaired) electrons. The van der Waals surface area contributed by atoms with Crippen LogP contribution in [-0.2, 0) is 6.67 Å². The zero-order valence-electron chi connectivity index (χ0n) is 9.96. The lowest BCUT2D eigenvalue weighted by Gasteiger charge is -2.13. The Bertz CT molecular complexity index is 407. The molecule has 0 heterocycles. The average Bonchev–Trinajstić information content (AvgIpc) is 2.37. The van der Waals surface area contributed by atoms with Crippen LogP contribution in [0.5, 0.6) is 11.5 Å². The Labute approximate surface area is 99.5 Å². The smallest absolute Gasteiger partial charge is 0.171 e. The Morgan fingerprint density at radius 2 is 2.06 bits per heavy atom. The van der Waals surface area contributed by atoms with Gasteiger partial charge >= 0.3 is 0 Å². The van der Waals surface area contributed by atoms with E-state index in [9.17, 15) is 9.18 Å². The highest BCUT2D eigenvalue weighted by Gasteiger charge is 2.17. The number of carbonyl (C=O) groups excluding carboxylic acids is 1. The number of hydrogen-bond acceptors (Lipinski definition) is 4. The third-order valence-electron chi connectivity index (χ3n) is 2.36. The van der Waals surface area contributed by atoms with Crippen LogP contribution >= 0.6 is 0 Å². The summed E-state index contributed by atoms with van der Waals surface area (Å²) in [5.74, 6) is 0.490. The first-order valence-electron chi connectivity index (χ1n) is 5.22. The summed E-state index contributed by atoms with van der Waals surface area (Å²) in [4.78, 5) is 11.8. The largest absolute Gasteiger partial charge is 0.493 e. The third-order valence-corrected chi connectivity index (χ3v) is 2.36. The summed E-state index contributed by atoms with van der Waals surface area (Å²) in [5, 5.41) is 0. The number of ether oxygens (including phenoxy) is 2. The minimum Gasteiger partial charge on any atom is -0.493 e. The van der Waals surface area contributed by atoms with E-state index in [4.69, 9.17) is 15.2 Å². The summed E-state index contributed by atoms with van der Waals surface area (Å²) in [6.45, 7) is -0.423. The summed E-state index contributed by atoms with van der Waals surface area (Å²) in [6.07, 6.45) is 0.190. The number of hydrogen-bond donors (Lipinski definition) is 1. The van der Waals surface area contributed by atoms with Crippen molar-refractivity contribution < 1.29 is 18.7 Å². The van der Waals surface area contributed by atoms with E-state index in [0.29, 0.717) is 22.6 Å². The number of benzene rings is 1. The van der Waals surface area contributed by atoms with Crippen LogP contribution < -0.4 is 15.2 Å². The second-order valence-corrected chi connectivity index (χ2v) is 3.47. The number of rotatable bonds is 6. The van der Waals surface area contributed by atoms with E-state index < -0.39 is 6.67 Å². The minimum atomic E-state index is -0.663. The van der Waals surface area contributed by atoms with Gasteiger partial charge in [0.1, 0.15) is 6.67 Å². The number of methoxy groups -OCH3 is 2. The molecule has 0 atom stereocenters. The van der Waals surface area contributed by atoms with Crippen LogP contribution in [0, 0.1) is 0 Å². The monoisotopic (exact) mass is 241 g/mol. The van der Waals surface area contributed by atoms with Crippen LogP contribution in [-0.4, -0.2) is 26.5 Å². The molecule has 1 rings (SSSR count). The van der Waals surface area contributed by atoms with Crippen LogP contribution in [0.15, 0.2) is 12.1 Å². The van der Waals surface area contributed by atoms with Crippen LogP contribution in [0.3, 0.4) is 0 Å². The van der Waals surface area contributed by atoms with Crippen LogP contribution in [0.2, 0.25) is 0 Å². The molecule has 1 aromatic carbocycles. The molecule has 1 aromatic rings. The number of Topliss-reactive ketones (excluding diaryl/α,β-unsaturated/α-hetero) is 1. The van der Waals surface area contributed by atoms with Crippen molar-refractivity contribution in [2.24, 2.45) is 5.73 Å². The molecule has 0 aliphatic heterocycles. The number of alkyl halides is 1. The Balaban J connectivity index is 3.28. The lowest BCUT2D eigenvalue weighted by Crippen LogP contribution is -2.10. The second-order valence-electron chi connectivity index (χ2n) is 3.47. The highest BCUT2D eigenvalue weighted by atomic mass is 19.1. The quantitative estimate of drug-likeness (QED) is 0.770. The summed E-state index contributed by atoms with van der Waals surface area (Å²) in [5.41, 5.74) is 6.02. The van der Waals surface area contributed by atoms with E-state index >= 15 is 0 Å². The predicted octanol–water partition coefficient (Wildman–Crippen LogP) is 1.70. The fourth-order valence-electron chi connectivity index (χ4n) is 1.57. The third kappa shape index (κ3) is 2.94. The maximum atomic E-state index is 12.7. The maximum absolute atomic E-state index is 12.7. The molecule has 4 nitrogen and oxygen atoms in total. The molecule has 0 fully saturated rings. The van der Waals surface area contributed by atoms with Gasteiger partial charge in [0.2, 0.25) is 0 Å². The van der Waals surface area contributed by atoms with Gasteiger partial charge in [-0.2, -0.15) is 0 Å². The van der Waals surface area contributed by atoms with Crippen molar-refractivity contribution in [3.8, 4) is 11.5 Å². The van der Waals surface area contributed by atoms with Gasteiger partial charge in [-0.3, -0.25) is 4.79 Å². The lowest BCUT2D eigenvalue weighted by atomic mass is 10.0. The maximum Gasteiger partial charge on any atom is 0.171 e. The Hall–Kier alpha value is -1.62. The topological polar surface area (TPSA) is 61.5 Å². The Kier molecular flexibility index (Phi) is 4.90. The van der Waals surface area contributed by atoms with Gasteiger partial charge in [-0.25, -0.2) is 4.39 Å². The molecule has 0 saturated heterocycles. The molecule has 0 aliphatic rings. The van der Waals surface area contributed by atoms with Gasteiger partial charge in [0, 0.05) is 6.42 Å². The fraction of sp³-hybridized carbons (Fsp3) is 0.417. The number of carbonyl (C=O) groups is 1. The molecular weight excluding hydrogens is 225 g/mol. The highest BCUT2D eigenvalue weighted by molar-refractivity contribution is 5.99.